The highest BCUT2D eigenvalue weighted by Crippen LogP contribution is 2.29. The van der Waals surface area contributed by atoms with Crippen LogP contribution < -0.4 is 10.2 Å². The highest BCUT2D eigenvalue weighted by Gasteiger charge is 2.29. The Kier molecular flexibility index (Phi) is 7.97. The number of anilines is 1. The minimum atomic E-state index is -0.0597. The maximum atomic E-state index is 13.5. The molecular weight excluding hydrogens is 450 g/mol. The summed E-state index contributed by atoms with van der Waals surface area (Å²) in [6, 6.07) is 12.7. The number of aryl methyl sites for hydroxylation is 3. The molecular formula is C29H39N5O2. The summed E-state index contributed by atoms with van der Waals surface area (Å²) in [6.07, 6.45) is 4.90. The molecule has 36 heavy (non-hydrogen) atoms. The van der Waals surface area contributed by atoms with Crippen LogP contribution in [0.5, 0.6) is 0 Å². The van der Waals surface area contributed by atoms with Crippen LogP contribution in [0.2, 0.25) is 0 Å². The molecule has 2 aromatic carbocycles. The van der Waals surface area contributed by atoms with Gasteiger partial charge in [-0.1, -0.05) is 44.0 Å². The lowest BCUT2D eigenvalue weighted by molar-refractivity contribution is -0.130. The van der Waals surface area contributed by atoms with Crippen molar-refractivity contribution in [3.05, 3.63) is 58.8 Å². The molecule has 1 aliphatic carbocycles. The number of fused-ring (bicyclic) bond motifs is 2. The van der Waals surface area contributed by atoms with Crippen LogP contribution >= 0.6 is 0 Å². The van der Waals surface area contributed by atoms with Gasteiger partial charge in [-0.05, 0) is 61.9 Å². The maximum Gasteiger partial charge on any atom is 0.242 e. The zero-order valence-electron chi connectivity index (χ0n) is 22.3. The molecule has 4 rings (SSSR count). The first-order valence-electron chi connectivity index (χ1n) is 13.1. The first kappa shape index (κ1) is 25.7. The van der Waals surface area contributed by atoms with Crippen LogP contribution in [-0.2, 0) is 29.5 Å². The molecule has 0 unspecified atom stereocenters. The second-order valence-electron chi connectivity index (χ2n) is 10.1. The first-order valence-corrected chi connectivity index (χ1v) is 13.1. The maximum absolute atomic E-state index is 13.5. The summed E-state index contributed by atoms with van der Waals surface area (Å²) in [5.41, 5.74) is 6.52. The lowest BCUT2D eigenvalue weighted by Gasteiger charge is -2.30. The molecule has 1 aromatic heterocycles. The first-order chi connectivity index (χ1) is 17.3. The summed E-state index contributed by atoms with van der Waals surface area (Å²) in [7, 11) is 3.82. The molecule has 0 radical (unpaired) electrons. The smallest absolute Gasteiger partial charge is 0.242 e. The van der Waals surface area contributed by atoms with Gasteiger partial charge in [0, 0.05) is 37.8 Å². The van der Waals surface area contributed by atoms with Gasteiger partial charge < -0.3 is 15.1 Å². The third kappa shape index (κ3) is 5.55. The van der Waals surface area contributed by atoms with Crippen molar-refractivity contribution >= 4 is 28.4 Å². The molecule has 1 heterocycles. The standard InChI is InChI=1S/C29H39N5O2/c1-6-7-10-13-30-28(35)18-34(26-17-27-25(14-20(26)2)21(3)31-33(27)5)19-29(36)32(4)24-15-22-11-8-9-12-23(22)16-24/h8-9,11-12,14,17,24H,6-7,10,13,15-16,18-19H2,1-5H3,(H,30,35). The number of nitrogens with zero attached hydrogens (tertiary/aromatic N) is 4. The molecule has 1 N–H and O–H groups in total. The fourth-order valence-corrected chi connectivity index (χ4v) is 5.26. The SMILES string of the molecule is CCCCCNC(=O)CN(CC(=O)N(C)C1Cc2ccccc2C1)c1cc2c(cc1C)c(C)nn2C. The number of unbranched alkanes of at least 4 members (excludes halogenated alkanes) is 2. The Bertz CT molecular complexity index is 1220. The van der Waals surface area contributed by atoms with Crippen molar-refractivity contribution in [2.45, 2.75) is 58.9 Å². The normalized spacial score (nSPS) is 13.1. The quantitative estimate of drug-likeness (QED) is 0.438. The van der Waals surface area contributed by atoms with Gasteiger partial charge in [0.25, 0.3) is 0 Å². The van der Waals surface area contributed by atoms with Crippen LogP contribution in [0.4, 0.5) is 5.69 Å². The van der Waals surface area contributed by atoms with Gasteiger partial charge in [-0.2, -0.15) is 5.10 Å². The van der Waals surface area contributed by atoms with Gasteiger partial charge in [0.15, 0.2) is 0 Å². The Hall–Kier alpha value is -3.35. The molecule has 0 bridgehead atoms. The van der Waals surface area contributed by atoms with E-state index in [9.17, 15) is 9.59 Å². The number of hydrogen-bond donors (Lipinski definition) is 1. The van der Waals surface area contributed by atoms with E-state index in [2.05, 4.69) is 53.7 Å². The van der Waals surface area contributed by atoms with Crippen LogP contribution in [0.15, 0.2) is 36.4 Å². The monoisotopic (exact) mass is 489 g/mol. The van der Waals surface area contributed by atoms with Crippen molar-refractivity contribution in [3.63, 3.8) is 0 Å². The van der Waals surface area contributed by atoms with Crippen molar-refractivity contribution in [3.8, 4) is 0 Å². The predicted octanol–water partition coefficient (Wildman–Crippen LogP) is 3.93. The molecule has 0 saturated heterocycles. The Balaban J connectivity index is 1.55. The Morgan fingerprint density at radius 1 is 1.08 bits per heavy atom. The minimum absolute atomic E-state index is 0.0206. The molecule has 0 saturated carbocycles. The van der Waals surface area contributed by atoms with Crippen LogP contribution in [0.3, 0.4) is 0 Å². The third-order valence-electron chi connectivity index (χ3n) is 7.43. The Labute approximate surface area is 214 Å². The average Bonchev–Trinajstić information content (AvgIpc) is 3.40. The largest absolute Gasteiger partial charge is 0.355 e. The summed E-state index contributed by atoms with van der Waals surface area (Å²) in [5.74, 6) is -0.0391. The predicted molar refractivity (Wildman–Crippen MR) is 145 cm³/mol. The number of carbonyl (C=O) groups excluding carboxylic acids is 2. The van der Waals surface area contributed by atoms with E-state index in [0.717, 1.165) is 60.0 Å². The van der Waals surface area contributed by atoms with E-state index in [1.54, 1.807) is 0 Å². The Morgan fingerprint density at radius 3 is 2.44 bits per heavy atom. The average molecular weight is 490 g/mol. The van der Waals surface area contributed by atoms with Gasteiger partial charge in [0.2, 0.25) is 11.8 Å². The highest BCUT2D eigenvalue weighted by atomic mass is 16.2. The van der Waals surface area contributed by atoms with Gasteiger partial charge in [0.05, 0.1) is 24.3 Å². The molecule has 7 nitrogen and oxygen atoms in total. The summed E-state index contributed by atoms with van der Waals surface area (Å²) >= 11 is 0. The van der Waals surface area contributed by atoms with Gasteiger partial charge in [0.1, 0.15) is 0 Å². The van der Waals surface area contributed by atoms with E-state index in [-0.39, 0.29) is 30.9 Å². The minimum Gasteiger partial charge on any atom is -0.355 e. The van der Waals surface area contributed by atoms with Crippen LogP contribution in [0.25, 0.3) is 10.9 Å². The summed E-state index contributed by atoms with van der Waals surface area (Å²) < 4.78 is 1.86. The van der Waals surface area contributed by atoms with Crippen molar-refractivity contribution in [1.82, 2.24) is 20.0 Å². The number of amides is 2. The molecule has 3 aromatic rings. The molecule has 192 valence electrons. The molecule has 7 heteroatoms. The molecule has 0 fully saturated rings. The van der Waals surface area contributed by atoms with E-state index in [1.165, 1.54) is 11.1 Å². The van der Waals surface area contributed by atoms with Gasteiger partial charge in [-0.25, -0.2) is 0 Å². The zero-order valence-corrected chi connectivity index (χ0v) is 22.3. The Morgan fingerprint density at radius 2 is 1.78 bits per heavy atom. The van der Waals surface area contributed by atoms with Gasteiger partial charge >= 0.3 is 0 Å². The number of likely N-dealkylation sites (N-methyl/N-ethyl adjacent to an activating group) is 1. The van der Waals surface area contributed by atoms with Crippen LogP contribution in [0, 0.1) is 13.8 Å². The highest BCUT2D eigenvalue weighted by molar-refractivity contribution is 5.91. The molecule has 0 spiro atoms. The lowest BCUT2D eigenvalue weighted by Crippen LogP contribution is -2.47. The van der Waals surface area contributed by atoms with Crippen molar-refractivity contribution in [1.29, 1.82) is 0 Å². The lowest BCUT2D eigenvalue weighted by atomic mass is 10.1. The van der Waals surface area contributed by atoms with Gasteiger partial charge in [-0.15, -0.1) is 0 Å². The van der Waals surface area contributed by atoms with E-state index in [0.29, 0.717) is 6.54 Å². The van der Waals surface area contributed by atoms with Crippen molar-refractivity contribution in [2.24, 2.45) is 7.05 Å². The molecule has 0 atom stereocenters. The third-order valence-corrected chi connectivity index (χ3v) is 7.43. The van der Waals surface area contributed by atoms with Gasteiger partial charge in [-0.3, -0.25) is 14.3 Å². The molecule has 0 aliphatic heterocycles. The van der Waals surface area contributed by atoms with E-state index in [1.807, 2.05) is 42.4 Å². The van der Waals surface area contributed by atoms with Crippen LogP contribution in [0.1, 0.15) is 48.6 Å². The van der Waals surface area contributed by atoms with Crippen molar-refractivity contribution < 1.29 is 9.59 Å². The topological polar surface area (TPSA) is 70.5 Å². The fourth-order valence-electron chi connectivity index (χ4n) is 5.26. The zero-order chi connectivity index (χ0) is 25.8. The van der Waals surface area contributed by atoms with Crippen molar-refractivity contribution in [2.75, 3.05) is 31.6 Å². The summed E-state index contributed by atoms with van der Waals surface area (Å²) in [5, 5.41) is 8.68. The fraction of sp³-hybridized carbons (Fsp3) is 0.483. The van der Waals surface area contributed by atoms with E-state index in [4.69, 9.17) is 0 Å². The number of carbonyl (C=O) groups is 2. The number of benzene rings is 2. The molecule has 2 amide bonds. The number of hydrogen-bond acceptors (Lipinski definition) is 4. The number of rotatable bonds is 10. The summed E-state index contributed by atoms with van der Waals surface area (Å²) in [4.78, 5) is 30.2. The van der Waals surface area contributed by atoms with Crippen LogP contribution in [-0.4, -0.2) is 59.2 Å². The number of aromatic nitrogens is 2. The second kappa shape index (κ2) is 11.1. The molecule has 1 aliphatic rings. The summed E-state index contributed by atoms with van der Waals surface area (Å²) in [6.45, 7) is 7.13. The van der Waals surface area contributed by atoms with E-state index < -0.39 is 0 Å². The second-order valence-corrected chi connectivity index (χ2v) is 10.1. The van der Waals surface area contributed by atoms with E-state index >= 15 is 0 Å². The number of nitrogens with one attached hydrogen (secondary N) is 1.